The third kappa shape index (κ3) is 2.94. The fraction of sp³-hybridized carbons (Fsp3) is 0.467. The predicted molar refractivity (Wildman–Crippen MR) is 76.1 cm³/mol. The molecule has 0 bridgehead atoms. The molecule has 0 aromatic carbocycles. The first-order chi connectivity index (χ1) is 9.27. The summed E-state index contributed by atoms with van der Waals surface area (Å²) in [5.74, 6) is 0. The van der Waals surface area contributed by atoms with Gasteiger partial charge in [0.25, 0.3) is 0 Å². The third-order valence-corrected chi connectivity index (χ3v) is 3.50. The Balaban J connectivity index is 2.41. The number of allylic oxidation sites excluding steroid dienone is 2. The standard InChI is InChI=1S/C15H20N4/c1-3-15(19-9-8-17-11-12(19)2)13(10-16)14-6-4-5-7-18-14/h4-7,12,17H,3,8-9,11H2,1-2H3. The zero-order valence-corrected chi connectivity index (χ0v) is 11.6. The lowest BCUT2D eigenvalue weighted by Crippen LogP contribution is -2.49. The van der Waals surface area contributed by atoms with Crippen LogP contribution in [-0.2, 0) is 0 Å². The summed E-state index contributed by atoms with van der Waals surface area (Å²) in [6.07, 6.45) is 2.59. The van der Waals surface area contributed by atoms with E-state index in [4.69, 9.17) is 0 Å². The Hall–Kier alpha value is -1.86. The van der Waals surface area contributed by atoms with Crippen molar-refractivity contribution >= 4 is 5.57 Å². The highest BCUT2D eigenvalue weighted by molar-refractivity contribution is 5.76. The molecule has 0 amide bonds. The van der Waals surface area contributed by atoms with Gasteiger partial charge in [-0.3, -0.25) is 4.98 Å². The summed E-state index contributed by atoms with van der Waals surface area (Å²) in [4.78, 5) is 6.65. The molecule has 19 heavy (non-hydrogen) atoms. The van der Waals surface area contributed by atoms with Crippen LogP contribution in [-0.4, -0.2) is 35.6 Å². The fourth-order valence-electron chi connectivity index (χ4n) is 2.55. The van der Waals surface area contributed by atoms with Crippen LogP contribution in [0.1, 0.15) is 26.0 Å². The van der Waals surface area contributed by atoms with Crippen LogP contribution in [0.25, 0.3) is 5.57 Å². The van der Waals surface area contributed by atoms with E-state index in [0.29, 0.717) is 11.6 Å². The van der Waals surface area contributed by atoms with Gasteiger partial charge >= 0.3 is 0 Å². The molecule has 1 aromatic rings. The van der Waals surface area contributed by atoms with Crippen molar-refractivity contribution in [2.45, 2.75) is 26.3 Å². The largest absolute Gasteiger partial charge is 0.368 e. The molecule has 1 aromatic heterocycles. The average Bonchev–Trinajstić information content (AvgIpc) is 2.46. The van der Waals surface area contributed by atoms with E-state index in [2.05, 4.69) is 35.1 Å². The second kappa shape index (κ2) is 6.35. The zero-order valence-electron chi connectivity index (χ0n) is 11.6. The number of rotatable bonds is 3. The van der Waals surface area contributed by atoms with Gasteiger partial charge in [0.2, 0.25) is 0 Å². The van der Waals surface area contributed by atoms with Crippen LogP contribution in [0.15, 0.2) is 30.1 Å². The smallest absolute Gasteiger partial charge is 0.103 e. The lowest BCUT2D eigenvalue weighted by molar-refractivity contribution is 0.219. The van der Waals surface area contributed by atoms with Gasteiger partial charge in [-0.25, -0.2) is 0 Å². The topological polar surface area (TPSA) is 52.0 Å². The quantitative estimate of drug-likeness (QED) is 0.841. The third-order valence-electron chi connectivity index (χ3n) is 3.50. The molecule has 4 heteroatoms. The summed E-state index contributed by atoms with van der Waals surface area (Å²) in [6, 6.07) is 8.46. The van der Waals surface area contributed by atoms with Crippen molar-refractivity contribution in [2.24, 2.45) is 0 Å². The van der Waals surface area contributed by atoms with Crippen molar-refractivity contribution < 1.29 is 0 Å². The second-order valence-corrected chi connectivity index (χ2v) is 4.75. The van der Waals surface area contributed by atoms with Crippen LogP contribution in [0.2, 0.25) is 0 Å². The van der Waals surface area contributed by atoms with Crippen molar-refractivity contribution in [1.82, 2.24) is 15.2 Å². The summed E-state index contributed by atoms with van der Waals surface area (Å²) in [7, 11) is 0. The Morgan fingerprint density at radius 3 is 3.00 bits per heavy atom. The van der Waals surface area contributed by atoms with Crippen molar-refractivity contribution in [3.05, 3.63) is 35.8 Å². The van der Waals surface area contributed by atoms with Crippen LogP contribution in [0.5, 0.6) is 0 Å². The molecule has 1 fully saturated rings. The number of nitrogens with one attached hydrogen (secondary N) is 1. The van der Waals surface area contributed by atoms with Gasteiger partial charge < -0.3 is 10.2 Å². The maximum Gasteiger partial charge on any atom is 0.103 e. The second-order valence-electron chi connectivity index (χ2n) is 4.75. The van der Waals surface area contributed by atoms with Gasteiger partial charge in [0, 0.05) is 37.6 Å². The Labute approximate surface area is 114 Å². The van der Waals surface area contributed by atoms with Crippen LogP contribution < -0.4 is 5.32 Å². The minimum atomic E-state index is 0.413. The van der Waals surface area contributed by atoms with Gasteiger partial charge in [-0.15, -0.1) is 0 Å². The molecular formula is C15H20N4. The number of nitrogens with zero attached hydrogens (tertiary/aromatic N) is 3. The molecule has 100 valence electrons. The normalized spacial score (nSPS) is 20.7. The van der Waals surface area contributed by atoms with Crippen molar-refractivity contribution in [3.8, 4) is 6.07 Å². The maximum absolute atomic E-state index is 9.51. The lowest BCUT2D eigenvalue weighted by atomic mass is 10.0. The average molecular weight is 256 g/mol. The Bertz CT molecular complexity index is 487. The van der Waals surface area contributed by atoms with Crippen LogP contribution in [0.3, 0.4) is 0 Å². The highest BCUT2D eigenvalue weighted by atomic mass is 15.2. The molecule has 1 unspecified atom stereocenters. The monoisotopic (exact) mass is 256 g/mol. The first-order valence-corrected chi connectivity index (χ1v) is 6.80. The van der Waals surface area contributed by atoms with E-state index in [1.807, 2.05) is 18.2 Å². The Morgan fingerprint density at radius 2 is 2.42 bits per heavy atom. The summed E-state index contributed by atoms with van der Waals surface area (Å²) in [6.45, 7) is 7.17. The van der Waals surface area contributed by atoms with Crippen LogP contribution in [0, 0.1) is 11.3 Å². The Kier molecular flexibility index (Phi) is 4.53. The van der Waals surface area contributed by atoms with E-state index in [-0.39, 0.29) is 0 Å². The number of hydrogen-bond acceptors (Lipinski definition) is 4. The van der Waals surface area contributed by atoms with Gasteiger partial charge in [-0.05, 0) is 25.5 Å². The molecule has 1 saturated heterocycles. The number of aromatic nitrogens is 1. The van der Waals surface area contributed by atoms with Gasteiger partial charge in [-0.2, -0.15) is 5.26 Å². The molecule has 0 spiro atoms. The molecule has 2 heterocycles. The minimum Gasteiger partial charge on any atom is -0.368 e. The summed E-state index contributed by atoms with van der Waals surface area (Å²) < 4.78 is 0. The number of hydrogen-bond donors (Lipinski definition) is 1. The molecule has 2 rings (SSSR count). The van der Waals surface area contributed by atoms with Gasteiger partial charge in [-0.1, -0.05) is 13.0 Å². The van der Waals surface area contributed by atoms with Gasteiger partial charge in [0.1, 0.15) is 6.07 Å². The fourth-order valence-corrected chi connectivity index (χ4v) is 2.55. The van der Waals surface area contributed by atoms with Crippen molar-refractivity contribution in [1.29, 1.82) is 5.26 Å². The summed E-state index contributed by atoms with van der Waals surface area (Å²) in [5.41, 5.74) is 2.58. The molecule has 1 aliphatic heterocycles. The first-order valence-electron chi connectivity index (χ1n) is 6.80. The van der Waals surface area contributed by atoms with E-state index in [1.165, 1.54) is 0 Å². The lowest BCUT2D eigenvalue weighted by Gasteiger charge is -2.37. The molecule has 0 radical (unpaired) electrons. The number of piperazine rings is 1. The van der Waals surface area contributed by atoms with Crippen molar-refractivity contribution in [2.75, 3.05) is 19.6 Å². The van der Waals surface area contributed by atoms with Crippen LogP contribution in [0.4, 0.5) is 0 Å². The highest BCUT2D eigenvalue weighted by Gasteiger charge is 2.22. The molecule has 4 nitrogen and oxygen atoms in total. The summed E-state index contributed by atoms with van der Waals surface area (Å²) in [5, 5.41) is 12.9. The summed E-state index contributed by atoms with van der Waals surface area (Å²) >= 11 is 0. The molecule has 1 aliphatic rings. The number of nitriles is 1. The first kappa shape index (κ1) is 13.6. The van der Waals surface area contributed by atoms with Gasteiger partial charge in [0.05, 0.1) is 11.3 Å². The number of pyridine rings is 1. The van der Waals surface area contributed by atoms with Gasteiger partial charge in [0.15, 0.2) is 0 Å². The molecular weight excluding hydrogens is 236 g/mol. The van der Waals surface area contributed by atoms with Crippen molar-refractivity contribution in [3.63, 3.8) is 0 Å². The van der Waals surface area contributed by atoms with Crippen LogP contribution >= 0.6 is 0 Å². The maximum atomic E-state index is 9.51. The van der Waals surface area contributed by atoms with E-state index in [0.717, 1.165) is 37.4 Å². The molecule has 0 aliphatic carbocycles. The molecule has 1 atom stereocenters. The van der Waals surface area contributed by atoms with E-state index < -0.39 is 0 Å². The van der Waals surface area contributed by atoms with E-state index >= 15 is 0 Å². The SMILES string of the molecule is CCC(=C(C#N)c1ccccn1)N1CCNCC1C. The Morgan fingerprint density at radius 1 is 1.58 bits per heavy atom. The zero-order chi connectivity index (χ0) is 13.7. The minimum absolute atomic E-state index is 0.413. The highest BCUT2D eigenvalue weighted by Crippen LogP contribution is 2.24. The molecule has 0 saturated carbocycles. The predicted octanol–water partition coefficient (Wildman–Crippen LogP) is 2.02. The van der Waals surface area contributed by atoms with E-state index in [9.17, 15) is 5.26 Å². The molecule has 1 N–H and O–H groups in total. The van der Waals surface area contributed by atoms with E-state index in [1.54, 1.807) is 6.20 Å².